The summed E-state index contributed by atoms with van der Waals surface area (Å²) < 4.78 is 13.2. The second-order valence-corrected chi connectivity index (χ2v) is 5.33. The van der Waals surface area contributed by atoms with Crippen LogP contribution < -0.4 is 10.6 Å². The predicted molar refractivity (Wildman–Crippen MR) is 93.1 cm³/mol. The van der Waals surface area contributed by atoms with Crippen LogP contribution in [0.4, 0.5) is 21.5 Å². The summed E-state index contributed by atoms with van der Waals surface area (Å²) in [6.07, 6.45) is 1.54. The molecule has 1 amide bonds. The van der Waals surface area contributed by atoms with E-state index in [0.717, 1.165) is 11.3 Å². The van der Waals surface area contributed by atoms with Gasteiger partial charge in [-0.15, -0.1) is 0 Å². The molecular weight excluding hydrogens is 305 g/mol. The molecule has 0 saturated carbocycles. The molecule has 0 atom stereocenters. The van der Waals surface area contributed by atoms with Crippen LogP contribution in [0.5, 0.6) is 0 Å². The number of anilines is 3. The zero-order valence-electron chi connectivity index (χ0n) is 13.1. The first-order valence-corrected chi connectivity index (χ1v) is 7.47. The van der Waals surface area contributed by atoms with E-state index in [-0.39, 0.29) is 17.4 Å². The second-order valence-electron chi connectivity index (χ2n) is 5.33. The Hall–Kier alpha value is -3.21. The minimum atomic E-state index is -0.327. The lowest BCUT2D eigenvalue weighted by atomic mass is 10.2. The van der Waals surface area contributed by atoms with Gasteiger partial charge >= 0.3 is 0 Å². The van der Waals surface area contributed by atoms with E-state index >= 15 is 0 Å². The van der Waals surface area contributed by atoms with Crippen molar-refractivity contribution in [1.29, 1.82) is 0 Å². The molecule has 2 aromatic carbocycles. The first-order valence-electron chi connectivity index (χ1n) is 7.47. The molecule has 0 bridgehead atoms. The van der Waals surface area contributed by atoms with E-state index in [1.807, 2.05) is 31.2 Å². The van der Waals surface area contributed by atoms with Crippen molar-refractivity contribution in [3.05, 3.63) is 83.9 Å². The van der Waals surface area contributed by atoms with Gasteiger partial charge in [-0.05, 0) is 48.9 Å². The number of nitrogens with one attached hydrogen (secondary N) is 2. The van der Waals surface area contributed by atoms with Crippen LogP contribution in [0.1, 0.15) is 16.1 Å². The molecule has 24 heavy (non-hydrogen) atoms. The van der Waals surface area contributed by atoms with Gasteiger partial charge in [0.05, 0.1) is 0 Å². The highest BCUT2D eigenvalue weighted by atomic mass is 19.1. The Kier molecular flexibility index (Phi) is 4.52. The van der Waals surface area contributed by atoms with Crippen LogP contribution >= 0.6 is 0 Å². The Labute approximate surface area is 139 Å². The molecule has 0 unspecified atom stereocenters. The third kappa shape index (κ3) is 3.76. The average Bonchev–Trinajstić information content (AvgIpc) is 2.57. The van der Waals surface area contributed by atoms with Crippen LogP contribution in [0, 0.1) is 12.7 Å². The van der Waals surface area contributed by atoms with Crippen LogP contribution in [0.3, 0.4) is 0 Å². The van der Waals surface area contributed by atoms with E-state index in [1.54, 1.807) is 24.3 Å². The molecule has 0 aliphatic rings. The summed E-state index contributed by atoms with van der Waals surface area (Å²) in [5, 5.41) is 5.89. The first-order chi connectivity index (χ1) is 11.6. The number of benzene rings is 2. The zero-order valence-corrected chi connectivity index (χ0v) is 13.1. The summed E-state index contributed by atoms with van der Waals surface area (Å²) >= 11 is 0. The monoisotopic (exact) mass is 321 g/mol. The average molecular weight is 321 g/mol. The number of aromatic nitrogens is 1. The van der Waals surface area contributed by atoms with Crippen molar-refractivity contribution in [1.82, 2.24) is 4.98 Å². The number of para-hydroxylation sites is 1. The van der Waals surface area contributed by atoms with Gasteiger partial charge in [0, 0.05) is 23.3 Å². The highest BCUT2D eigenvalue weighted by molar-refractivity contribution is 6.03. The Morgan fingerprint density at radius 1 is 1.00 bits per heavy atom. The lowest BCUT2D eigenvalue weighted by molar-refractivity contribution is 0.102. The maximum Gasteiger partial charge on any atom is 0.274 e. The highest BCUT2D eigenvalue weighted by Gasteiger charge is 2.10. The molecule has 0 aliphatic heterocycles. The van der Waals surface area contributed by atoms with Gasteiger partial charge in [-0.2, -0.15) is 0 Å². The molecule has 0 fully saturated rings. The SMILES string of the molecule is Cc1ccccc1NC(=O)c1cc(Nc2cccc(F)c2)ccn1. The molecule has 2 N–H and O–H groups in total. The van der Waals surface area contributed by atoms with Gasteiger partial charge in [0.25, 0.3) is 5.91 Å². The molecule has 5 heteroatoms. The smallest absolute Gasteiger partial charge is 0.274 e. The van der Waals surface area contributed by atoms with Crippen LogP contribution in [-0.2, 0) is 0 Å². The minimum absolute atomic E-state index is 0.277. The molecule has 120 valence electrons. The Morgan fingerprint density at radius 3 is 2.58 bits per heavy atom. The first kappa shape index (κ1) is 15.7. The van der Waals surface area contributed by atoms with Gasteiger partial charge in [-0.25, -0.2) is 4.39 Å². The number of rotatable bonds is 4. The number of amides is 1. The molecule has 0 radical (unpaired) electrons. The van der Waals surface area contributed by atoms with Crippen LogP contribution in [0.25, 0.3) is 0 Å². The number of hydrogen-bond donors (Lipinski definition) is 2. The van der Waals surface area contributed by atoms with Crippen molar-refractivity contribution >= 4 is 23.0 Å². The van der Waals surface area contributed by atoms with E-state index in [2.05, 4.69) is 15.6 Å². The molecule has 0 aliphatic carbocycles. The van der Waals surface area contributed by atoms with Crippen LogP contribution in [0.15, 0.2) is 66.9 Å². The normalized spacial score (nSPS) is 10.2. The number of hydrogen-bond acceptors (Lipinski definition) is 3. The third-order valence-electron chi connectivity index (χ3n) is 3.50. The van der Waals surface area contributed by atoms with Crippen molar-refractivity contribution < 1.29 is 9.18 Å². The summed E-state index contributed by atoms with van der Waals surface area (Å²) in [6.45, 7) is 1.92. The predicted octanol–water partition coefficient (Wildman–Crippen LogP) is 4.53. The molecule has 0 spiro atoms. The van der Waals surface area contributed by atoms with Crippen molar-refractivity contribution in [2.45, 2.75) is 6.92 Å². The molecule has 3 aromatic rings. The van der Waals surface area contributed by atoms with Gasteiger partial charge in [-0.1, -0.05) is 24.3 Å². The van der Waals surface area contributed by atoms with E-state index in [1.165, 1.54) is 18.3 Å². The zero-order chi connectivity index (χ0) is 16.9. The van der Waals surface area contributed by atoms with Gasteiger partial charge in [0.15, 0.2) is 0 Å². The number of aryl methyl sites for hydroxylation is 1. The minimum Gasteiger partial charge on any atom is -0.355 e. The number of pyridine rings is 1. The van der Waals surface area contributed by atoms with Gasteiger partial charge in [-0.3, -0.25) is 9.78 Å². The molecule has 4 nitrogen and oxygen atoms in total. The fourth-order valence-electron chi connectivity index (χ4n) is 2.26. The Morgan fingerprint density at radius 2 is 1.79 bits per heavy atom. The summed E-state index contributed by atoms with van der Waals surface area (Å²) in [4.78, 5) is 16.5. The van der Waals surface area contributed by atoms with E-state index in [0.29, 0.717) is 11.4 Å². The van der Waals surface area contributed by atoms with Gasteiger partial charge in [0.1, 0.15) is 11.5 Å². The number of halogens is 1. The van der Waals surface area contributed by atoms with E-state index in [9.17, 15) is 9.18 Å². The topological polar surface area (TPSA) is 54.0 Å². The molecular formula is C19H16FN3O. The maximum atomic E-state index is 13.2. The fraction of sp³-hybridized carbons (Fsp3) is 0.0526. The van der Waals surface area contributed by atoms with E-state index < -0.39 is 0 Å². The standard InChI is InChI=1S/C19H16FN3O/c1-13-5-2-3-8-17(13)23-19(24)18-12-16(9-10-21-18)22-15-7-4-6-14(20)11-15/h2-12H,1H3,(H,21,22)(H,23,24). The fourth-order valence-corrected chi connectivity index (χ4v) is 2.26. The van der Waals surface area contributed by atoms with Gasteiger partial charge < -0.3 is 10.6 Å². The molecule has 1 heterocycles. The van der Waals surface area contributed by atoms with Crippen molar-refractivity contribution in [2.24, 2.45) is 0 Å². The second kappa shape index (κ2) is 6.91. The summed E-state index contributed by atoms with van der Waals surface area (Å²) in [6, 6.07) is 17.0. The largest absolute Gasteiger partial charge is 0.355 e. The van der Waals surface area contributed by atoms with Crippen LogP contribution in [-0.4, -0.2) is 10.9 Å². The lowest BCUT2D eigenvalue weighted by Crippen LogP contribution is -2.14. The Balaban J connectivity index is 1.77. The number of carbonyl (C=O) groups excluding carboxylic acids is 1. The third-order valence-corrected chi connectivity index (χ3v) is 3.50. The van der Waals surface area contributed by atoms with Crippen molar-refractivity contribution in [3.63, 3.8) is 0 Å². The lowest BCUT2D eigenvalue weighted by Gasteiger charge is -2.10. The molecule has 0 saturated heterocycles. The maximum absolute atomic E-state index is 13.2. The Bertz CT molecular complexity index is 880. The van der Waals surface area contributed by atoms with Crippen LogP contribution in [0.2, 0.25) is 0 Å². The van der Waals surface area contributed by atoms with Crippen molar-refractivity contribution in [3.8, 4) is 0 Å². The number of carbonyl (C=O) groups is 1. The highest BCUT2D eigenvalue weighted by Crippen LogP contribution is 2.19. The summed E-state index contributed by atoms with van der Waals surface area (Å²) in [7, 11) is 0. The summed E-state index contributed by atoms with van der Waals surface area (Å²) in [5.41, 5.74) is 3.25. The quantitative estimate of drug-likeness (QED) is 0.742. The van der Waals surface area contributed by atoms with Crippen molar-refractivity contribution in [2.75, 3.05) is 10.6 Å². The number of nitrogens with zero attached hydrogens (tertiary/aromatic N) is 1. The van der Waals surface area contributed by atoms with E-state index in [4.69, 9.17) is 0 Å². The summed E-state index contributed by atoms with van der Waals surface area (Å²) in [5.74, 6) is -0.626. The molecule has 3 rings (SSSR count). The molecule has 1 aromatic heterocycles. The van der Waals surface area contributed by atoms with Gasteiger partial charge in [0.2, 0.25) is 0 Å².